The number of benzene rings is 2. The molecule has 21 heavy (non-hydrogen) atoms. The quantitative estimate of drug-likeness (QED) is 0.502. The molecule has 1 atom stereocenters. The van der Waals surface area contributed by atoms with E-state index in [1.54, 1.807) is 11.8 Å². The van der Waals surface area contributed by atoms with Gasteiger partial charge in [-0.1, -0.05) is 29.8 Å². The van der Waals surface area contributed by atoms with Crippen LogP contribution in [0, 0.1) is 0 Å². The first kappa shape index (κ1) is 14.7. The lowest BCUT2D eigenvalue weighted by Gasteiger charge is -2.17. The number of thioether (sulfide) groups is 1. The van der Waals surface area contributed by atoms with E-state index in [1.807, 2.05) is 24.3 Å². The Morgan fingerprint density at radius 1 is 1.29 bits per heavy atom. The molecule has 0 spiro atoms. The van der Waals surface area contributed by atoms with Gasteiger partial charge in [0.1, 0.15) is 5.75 Å². The molecule has 0 radical (unpaired) electrons. The zero-order chi connectivity index (χ0) is 14.7. The largest absolute Gasteiger partial charge is 0.493 e. The fourth-order valence-electron chi connectivity index (χ4n) is 2.40. The maximum Gasteiger partial charge on any atom is 0.122 e. The Morgan fingerprint density at radius 3 is 3.00 bits per heavy atom. The van der Waals surface area contributed by atoms with Gasteiger partial charge in [0.2, 0.25) is 0 Å². The highest BCUT2D eigenvalue weighted by molar-refractivity contribution is 7.99. The van der Waals surface area contributed by atoms with Crippen molar-refractivity contribution in [3.05, 3.63) is 58.6 Å². The van der Waals surface area contributed by atoms with Crippen LogP contribution in [0.1, 0.15) is 17.2 Å². The van der Waals surface area contributed by atoms with E-state index in [-0.39, 0.29) is 6.04 Å². The molecule has 0 amide bonds. The fraction of sp³-hybridized carbons (Fsp3) is 0.250. The molecule has 0 saturated heterocycles. The Balaban J connectivity index is 1.70. The summed E-state index contributed by atoms with van der Waals surface area (Å²) in [5.41, 5.74) is 5.36. The number of fused-ring (bicyclic) bond motifs is 1. The lowest BCUT2D eigenvalue weighted by molar-refractivity contribution is 0.356. The van der Waals surface area contributed by atoms with Crippen molar-refractivity contribution in [3.8, 4) is 5.75 Å². The molecule has 2 aromatic carbocycles. The fourth-order valence-corrected chi connectivity index (χ4v) is 3.69. The van der Waals surface area contributed by atoms with Gasteiger partial charge in [-0.3, -0.25) is 11.3 Å². The van der Waals surface area contributed by atoms with E-state index < -0.39 is 0 Å². The molecule has 1 aliphatic heterocycles. The van der Waals surface area contributed by atoms with E-state index in [9.17, 15) is 0 Å². The molecule has 2 aromatic rings. The second kappa shape index (κ2) is 6.71. The number of rotatable bonds is 5. The van der Waals surface area contributed by atoms with Crippen LogP contribution in [0.4, 0.5) is 0 Å². The van der Waals surface area contributed by atoms with Crippen molar-refractivity contribution < 1.29 is 4.74 Å². The van der Waals surface area contributed by atoms with Crippen LogP contribution in [0.5, 0.6) is 5.75 Å². The highest BCUT2D eigenvalue weighted by atomic mass is 35.5. The highest BCUT2D eigenvalue weighted by Gasteiger charge is 2.16. The Morgan fingerprint density at radius 2 is 2.19 bits per heavy atom. The monoisotopic (exact) mass is 320 g/mol. The molecule has 1 aliphatic rings. The van der Waals surface area contributed by atoms with Crippen LogP contribution < -0.4 is 16.0 Å². The minimum Gasteiger partial charge on any atom is -0.493 e. The lowest BCUT2D eigenvalue weighted by atomic mass is 10.0. The van der Waals surface area contributed by atoms with Gasteiger partial charge in [0, 0.05) is 22.1 Å². The van der Waals surface area contributed by atoms with Gasteiger partial charge >= 0.3 is 0 Å². The van der Waals surface area contributed by atoms with Crippen LogP contribution in [-0.4, -0.2) is 12.4 Å². The van der Waals surface area contributed by atoms with Gasteiger partial charge < -0.3 is 4.74 Å². The first-order chi connectivity index (χ1) is 10.3. The number of hydrogen-bond acceptors (Lipinski definition) is 4. The van der Waals surface area contributed by atoms with Crippen LogP contribution in [0.2, 0.25) is 5.02 Å². The summed E-state index contributed by atoms with van der Waals surface area (Å²) < 4.78 is 5.54. The molecule has 3 rings (SSSR count). The Labute approximate surface area is 133 Å². The maximum absolute atomic E-state index is 6.01. The molecule has 0 saturated carbocycles. The van der Waals surface area contributed by atoms with Gasteiger partial charge in [-0.05, 0) is 35.4 Å². The standard InChI is InChI=1S/C16H17ClN2OS/c17-13-2-1-3-14(9-13)21-10-15(19-18)11-4-5-16-12(8-11)6-7-20-16/h1-5,8-9,15,19H,6-7,10,18H2. The molecular formula is C16H17ClN2OS. The van der Waals surface area contributed by atoms with E-state index >= 15 is 0 Å². The van der Waals surface area contributed by atoms with Crippen LogP contribution in [-0.2, 0) is 6.42 Å². The summed E-state index contributed by atoms with van der Waals surface area (Å²) >= 11 is 7.74. The summed E-state index contributed by atoms with van der Waals surface area (Å²) in [6.45, 7) is 0.775. The van der Waals surface area contributed by atoms with Crippen molar-refractivity contribution in [1.29, 1.82) is 0 Å². The second-order valence-corrected chi connectivity index (χ2v) is 6.48. The Bertz CT molecular complexity index is 635. The molecule has 3 N–H and O–H groups in total. The Hall–Kier alpha value is -1.20. The number of nitrogens with two attached hydrogens (primary N) is 1. The van der Waals surface area contributed by atoms with Crippen LogP contribution >= 0.6 is 23.4 Å². The SMILES string of the molecule is NNC(CSc1cccc(Cl)c1)c1ccc2c(c1)CCO2. The summed E-state index contributed by atoms with van der Waals surface area (Å²) in [6, 6.07) is 14.3. The van der Waals surface area contributed by atoms with Gasteiger partial charge in [0.15, 0.2) is 0 Å². The van der Waals surface area contributed by atoms with E-state index in [4.69, 9.17) is 22.2 Å². The first-order valence-electron chi connectivity index (χ1n) is 6.86. The molecule has 1 heterocycles. The molecule has 1 unspecified atom stereocenters. The first-order valence-corrected chi connectivity index (χ1v) is 8.23. The summed E-state index contributed by atoms with van der Waals surface area (Å²) in [6.07, 6.45) is 0.974. The summed E-state index contributed by atoms with van der Waals surface area (Å²) in [5.74, 6) is 7.56. The normalized spacial score (nSPS) is 14.6. The van der Waals surface area contributed by atoms with Crippen molar-refractivity contribution in [2.45, 2.75) is 17.4 Å². The van der Waals surface area contributed by atoms with Crippen molar-refractivity contribution in [2.75, 3.05) is 12.4 Å². The molecule has 0 aromatic heterocycles. The number of nitrogens with one attached hydrogen (secondary N) is 1. The van der Waals surface area contributed by atoms with Crippen molar-refractivity contribution in [1.82, 2.24) is 5.43 Å². The van der Waals surface area contributed by atoms with Crippen molar-refractivity contribution >= 4 is 23.4 Å². The lowest BCUT2D eigenvalue weighted by Crippen LogP contribution is -2.29. The molecular weight excluding hydrogens is 304 g/mol. The van der Waals surface area contributed by atoms with Crippen molar-refractivity contribution in [2.24, 2.45) is 5.84 Å². The molecule has 0 aliphatic carbocycles. The summed E-state index contributed by atoms with van der Waals surface area (Å²) in [7, 11) is 0. The smallest absolute Gasteiger partial charge is 0.122 e. The third-order valence-electron chi connectivity index (χ3n) is 3.53. The minimum absolute atomic E-state index is 0.0971. The molecule has 3 nitrogen and oxygen atoms in total. The molecule has 5 heteroatoms. The van der Waals surface area contributed by atoms with E-state index in [0.29, 0.717) is 0 Å². The Kier molecular flexibility index (Phi) is 4.70. The van der Waals surface area contributed by atoms with Crippen LogP contribution in [0.3, 0.4) is 0 Å². The number of hydrogen-bond donors (Lipinski definition) is 2. The highest BCUT2D eigenvalue weighted by Crippen LogP contribution is 2.31. The maximum atomic E-state index is 6.01. The van der Waals surface area contributed by atoms with Gasteiger partial charge in [0.05, 0.1) is 12.6 Å². The summed E-state index contributed by atoms with van der Waals surface area (Å²) in [4.78, 5) is 1.15. The number of hydrazine groups is 1. The summed E-state index contributed by atoms with van der Waals surface area (Å²) in [5, 5.41) is 0.756. The molecule has 110 valence electrons. The van der Waals surface area contributed by atoms with E-state index in [1.165, 1.54) is 11.1 Å². The number of ether oxygens (including phenoxy) is 1. The predicted molar refractivity (Wildman–Crippen MR) is 87.9 cm³/mol. The van der Waals surface area contributed by atoms with Crippen LogP contribution in [0.25, 0.3) is 0 Å². The van der Waals surface area contributed by atoms with Crippen molar-refractivity contribution in [3.63, 3.8) is 0 Å². The average Bonchev–Trinajstić information content (AvgIpc) is 2.95. The third kappa shape index (κ3) is 3.52. The topological polar surface area (TPSA) is 47.3 Å². The van der Waals surface area contributed by atoms with Gasteiger partial charge in [-0.25, -0.2) is 0 Å². The van der Waals surface area contributed by atoms with Gasteiger partial charge in [-0.15, -0.1) is 11.8 Å². The molecule has 0 fully saturated rings. The third-order valence-corrected chi connectivity index (χ3v) is 4.85. The minimum atomic E-state index is 0.0971. The zero-order valence-electron chi connectivity index (χ0n) is 11.5. The van der Waals surface area contributed by atoms with E-state index in [2.05, 4.69) is 23.6 Å². The van der Waals surface area contributed by atoms with Gasteiger partial charge in [0.25, 0.3) is 0 Å². The zero-order valence-corrected chi connectivity index (χ0v) is 13.1. The van der Waals surface area contributed by atoms with Gasteiger partial charge in [-0.2, -0.15) is 0 Å². The molecule has 0 bridgehead atoms. The number of halogens is 1. The van der Waals surface area contributed by atoms with E-state index in [0.717, 1.165) is 34.4 Å². The van der Waals surface area contributed by atoms with Crippen LogP contribution in [0.15, 0.2) is 47.4 Å². The second-order valence-electron chi connectivity index (χ2n) is 4.95. The predicted octanol–water partition coefficient (Wildman–Crippen LogP) is 3.57. The average molecular weight is 321 g/mol.